The topological polar surface area (TPSA) is 42.6 Å². The van der Waals surface area contributed by atoms with Crippen LogP contribution in [0.2, 0.25) is 0 Å². The van der Waals surface area contributed by atoms with Crippen molar-refractivity contribution in [2.75, 3.05) is 11.4 Å². The molecule has 9 rings (SSSR count). The van der Waals surface area contributed by atoms with E-state index < -0.39 is 35.4 Å². The number of fused-ring (bicyclic) bond motifs is 3. The molecule has 1 atom stereocenters. The standard InChI is InChI=1S/C56H48F6N4O.Pt/c1-34-24-37(26-44(25-34)67-43-19-20-45-46-30-38(53(2,3)4)18-21-48(46)66(49(45)32-43)50-31-39(22-23-63-50)54(5,6)7)52-64-47(51(35-14-10-8-11-15-35)36-16-12-9-13-17-36)33-65(52)42-28-40(55(57,58)59)27-41(29-42)56(60,61)62;/h8-25,27-31,47,51H,33H2,1-7H3;/q-2;+2/t47-;/m0./s1. The number of hydrogen-bond acceptors (Lipinski definition) is 4. The third kappa shape index (κ3) is 9.73. The molecule has 8 aromatic rings. The van der Waals surface area contributed by atoms with Crippen molar-refractivity contribution in [1.82, 2.24) is 9.55 Å². The van der Waals surface area contributed by atoms with Crippen LogP contribution in [0.4, 0.5) is 32.0 Å². The Morgan fingerprint density at radius 3 is 1.81 bits per heavy atom. The Morgan fingerprint density at radius 1 is 0.618 bits per heavy atom. The van der Waals surface area contributed by atoms with Gasteiger partial charge in [0.1, 0.15) is 5.82 Å². The molecule has 2 aromatic heterocycles. The SMILES string of the molecule is Cc1cc(Oc2[c-]c3c(cc2)c2cc(C(C)(C)C)ccc2n3-c2cc(C(C)(C)C)ccn2)[c-]c(C2=N[C@H](C(c3ccccc3)c3ccccc3)CN2c2cc(C(F)(F)F)cc(C(F)(F)F)c2)c1.[Pt+2]. The molecule has 350 valence electrons. The van der Waals surface area contributed by atoms with Crippen LogP contribution in [0.5, 0.6) is 11.5 Å². The summed E-state index contributed by atoms with van der Waals surface area (Å²) in [6.07, 6.45) is -8.29. The predicted octanol–water partition coefficient (Wildman–Crippen LogP) is 15.0. The van der Waals surface area contributed by atoms with Gasteiger partial charge in [-0.25, -0.2) is 4.98 Å². The van der Waals surface area contributed by atoms with E-state index in [9.17, 15) is 26.3 Å². The van der Waals surface area contributed by atoms with Gasteiger partial charge in [-0.15, -0.1) is 34.7 Å². The van der Waals surface area contributed by atoms with E-state index in [1.54, 1.807) is 12.1 Å². The number of pyridine rings is 1. The molecule has 0 radical (unpaired) electrons. The maximum atomic E-state index is 14.4. The largest absolute Gasteiger partial charge is 2.00 e. The molecule has 1 aliphatic rings. The molecule has 0 unspecified atom stereocenters. The van der Waals surface area contributed by atoms with E-state index in [4.69, 9.17) is 14.7 Å². The number of aromatic nitrogens is 2. The van der Waals surface area contributed by atoms with Crippen molar-refractivity contribution >= 4 is 33.3 Å². The first-order chi connectivity index (χ1) is 31.6. The first-order valence-electron chi connectivity index (χ1n) is 22.1. The van der Waals surface area contributed by atoms with Gasteiger partial charge >= 0.3 is 33.4 Å². The molecule has 0 saturated heterocycles. The number of rotatable bonds is 8. The Kier molecular flexibility index (Phi) is 12.8. The number of nitrogens with zero attached hydrogens (tertiary/aromatic N) is 4. The van der Waals surface area contributed by atoms with Gasteiger partial charge in [0.2, 0.25) is 0 Å². The summed E-state index contributed by atoms with van der Waals surface area (Å²) in [7, 11) is 0. The second-order valence-corrected chi connectivity index (χ2v) is 19.3. The van der Waals surface area contributed by atoms with Crippen LogP contribution in [-0.2, 0) is 44.2 Å². The molecule has 0 spiro atoms. The fourth-order valence-corrected chi connectivity index (χ4v) is 8.89. The van der Waals surface area contributed by atoms with Gasteiger partial charge < -0.3 is 19.2 Å². The van der Waals surface area contributed by atoms with Crippen molar-refractivity contribution in [1.29, 1.82) is 0 Å². The summed E-state index contributed by atoms with van der Waals surface area (Å²) in [5.41, 5.74) is 3.38. The summed E-state index contributed by atoms with van der Waals surface area (Å²) in [4.78, 5) is 11.4. The molecule has 0 aliphatic carbocycles. The van der Waals surface area contributed by atoms with Gasteiger partial charge in [-0.3, -0.25) is 0 Å². The van der Waals surface area contributed by atoms with Gasteiger partial charge in [-0.05, 0) is 74.9 Å². The molecular weight excluding hydrogens is 1050 g/mol. The van der Waals surface area contributed by atoms with E-state index >= 15 is 0 Å². The van der Waals surface area contributed by atoms with E-state index in [1.807, 2.05) is 92.0 Å². The van der Waals surface area contributed by atoms with Crippen LogP contribution in [0.1, 0.15) is 92.0 Å². The molecule has 0 fully saturated rings. The van der Waals surface area contributed by atoms with Crippen molar-refractivity contribution < 1.29 is 52.1 Å². The van der Waals surface area contributed by atoms with Gasteiger partial charge in [-0.2, -0.15) is 32.4 Å². The Balaban J connectivity index is 0.00000625. The van der Waals surface area contributed by atoms with Crippen molar-refractivity contribution in [3.05, 3.63) is 196 Å². The molecule has 3 heterocycles. The number of ether oxygens (including phenoxy) is 1. The molecule has 5 nitrogen and oxygen atoms in total. The van der Waals surface area contributed by atoms with Crippen molar-refractivity contribution in [3.63, 3.8) is 0 Å². The fourth-order valence-electron chi connectivity index (χ4n) is 8.89. The average molecular weight is 1100 g/mol. The molecule has 1 aliphatic heterocycles. The summed E-state index contributed by atoms with van der Waals surface area (Å²) in [5.74, 6) is 1.08. The maximum absolute atomic E-state index is 14.4. The zero-order chi connectivity index (χ0) is 47.6. The number of halogens is 6. The maximum Gasteiger partial charge on any atom is 2.00 e. The first-order valence-corrected chi connectivity index (χ1v) is 22.1. The van der Waals surface area contributed by atoms with Crippen LogP contribution in [-0.4, -0.2) is 28.0 Å². The van der Waals surface area contributed by atoms with Crippen LogP contribution >= 0.6 is 0 Å². The van der Waals surface area contributed by atoms with Gasteiger partial charge in [0.25, 0.3) is 0 Å². The first kappa shape index (κ1) is 48.3. The zero-order valence-corrected chi connectivity index (χ0v) is 40.7. The molecule has 12 heteroatoms. The zero-order valence-electron chi connectivity index (χ0n) is 38.4. The van der Waals surface area contributed by atoms with E-state index in [1.165, 1.54) is 10.5 Å². The average Bonchev–Trinajstić information content (AvgIpc) is 3.85. The van der Waals surface area contributed by atoms with Crippen LogP contribution in [0.3, 0.4) is 0 Å². The van der Waals surface area contributed by atoms with Gasteiger partial charge in [0.15, 0.2) is 0 Å². The Bertz CT molecular complexity index is 3090. The number of anilines is 1. The molecule has 6 aromatic carbocycles. The predicted molar refractivity (Wildman–Crippen MR) is 254 cm³/mol. The molecule has 0 bridgehead atoms. The third-order valence-electron chi connectivity index (χ3n) is 12.3. The quantitative estimate of drug-likeness (QED) is 0.112. The molecule has 0 saturated carbocycles. The fraction of sp³-hybridized carbons (Fsp3) is 0.250. The van der Waals surface area contributed by atoms with Crippen LogP contribution in [0, 0.1) is 19.1 Å². The smallest absolute Gasteiger partial charge is 0.503 e. The van der Waals surface area contributed by atoms with Crippen molar-refractivity contribution in [2.24, 2.45) is 4.99 Å². The number of benzene rings is 6. The monoisotopic (exact) mass is 1100 g/mol. The van der Waals surface area contributed by atoms with Crippen LogP contribution < -0.4 is 9.64 Å². The molecule has 68 heavy (non-hydrogen) atoms. The van der Waals surface area contributed by atoms with E-state index in [0.717, 1.165) is 56.4 Å². The second kappa shape index (κ2) is 18.0. The van der Waals surface area contributed by atoms with Crippen molar-refractivity contribution in [3.8, 4) is 17.3 Å². The minimum absolute atomic E-state index is 0. The molecule has 0 amide bonds. The molecular formula is C56H48F6N4OPt. The normalized spacial score (nSPS) is 14.7. The number of aliphatic imine (C=N–C) groups is 1. The van der Waals surface area contributed by atoms with E-state index in [0.29, 0.717) is 16.9 Å². The summed E-state index contributed by atoms with van der Waals surface area (Å²) in [6, 6.07) is 44.8. The summed E-state index contributed by atoms with van der Waals surface area (Å²) in [5, 5.41) is 1.97. The van der Waals surface area contributed by atoms with Crippen molar-refractivity contribution in [2.45, 2.75) is 83.6 Å². The second-order valence-electron chi connectivity index (χ2n) is 19.3. The summed E-state index contributed by atoms with van der Waals surface area (Å²) < 4.78 is 94.8. The van der Waals surface area contributed by atoms with E-state index in [2.05, 4.69) is 82.5 Å². The number of alkyl halides is 6. The van der Waals surface area contributed by atoms with E-state index in [-0.39, 0.29) is 61.8 Å². The van der Waals surface area contributed by atoms with Gasteiger partial charge in [-0.1, -0.05) is 139 Å². The number of hydrogen-bond donors (Lipinski definition) is 0. The van der Waals surface area contributed by atoms with Crippen LogP contribution in [0.15, 0.2) is 145 Å². The third-order valence-corrected chi connectivity index (χ3v) is 12.3. The Morgan fingerprint density at radius 2 is 1.22 bits per heavy atom. The minimum atomic E-state index is -5.05. The summed E-state index contributed by atoms with van der Waals surface area (Å²) >= 11 is 0. The van der Waals surface area contributed by atoms with Gasteiger partial charge in [0.05, 0.1) is 23.0 Å². The Labute approximate surface area is 406 Å². The molecule has 0 N–H and O–H groups in total. The Hall–Kier alpha value is -6.19. The van der Waals surface area contributed by atoms with Crippen LogP contribution in [0.25, 0.3) is 27.6 Å². The number of aryl methyl sites for hydroxylation is 1. The van der Waals surface area contributed by atoms with Gasteiger partial charge in [0, 0.05) is 41.4 Å². The minimum Gasteiger partial charge on any atom is -0.503 e. The summed E-state index contributed by atoms with van der Waals surface area (Å²) in [6.45, 7) is 14.8. The number of amidine groups is 1.